The van der Waals surface area contributed by atoms with Gasteiger partial charge in [0.05, 0.1) is 23.1 Å². The van der Waals surface area contributed by atoms with Gasteiger partial charge in [-0.3, -0.25) is 4.79 Å². The highest BCUT2D eigenvalue weighted by Crippen LogP contribution is 2.35. The van der Waals surface area contributed by atoms with Crippen molar-refractivity contribution in [1.82, 2.24) is 9.78 Å². The highest BCUT2D eigenvalue weighted by atomic mass is 16.1. The Bertz CT molecular complexity index is 695. The third kappa shape index (κ3) is 2.07. The van der Waals surface area contributed by atoms with E-state index in [2.05, 4.69) is 51.0 Å². The average Bonchev–Trinajstić information content (AvgIpc) is 2.71. The van der Waals surface area contributed by atoms with E-state index in [1.165, 1.54) is 11.1 Å². The molecule has 1 aromatic heterocycles. The molecule has 1 aliphatic rings. The number of aryl methyl sites for hydroxylation is 2. The number of ketones is 1. The van der Waals surface area contributed by atoms with Gasteiger partial charge in [-0.05, 0) is 37.3 Å². The van der Waals surface area contributed by atoms with Crippen molar-refractivity contribution in [2.45, 2.75) is 40.5 Å². The minimum Gasteiger partial charge on any atom is -0.294 e. The second-order valence-corrected chi connectivity index (χ2v) is 6.65. The molecule has 2 aromatic rings. The van der Waals surface area contributed by atoms with Gasteiger partial charge in [-0.25, -0.2) is 4.68 Å². The van der Waals surface area contributed by atoms with Crippen LogP contribution in [0.15, 0.2) is 24.4 Å². The number of Topliss-reactive ketones (excluding diaryl/α,β-unsaturated/α-hetero) is 1. The molecule has 0 N–H and O–H groups in total. The zero-order valence-corrected chi connectivity index (χ0v) is 12.5. The zero-order valence-electron chi connectivity index (χ0n) is 12.5. The van der Waals surface area contributed by atoms with Crippen molar-refractivity contribution < 1.29 is 4.79 Å². The highest BCUT2D eigenvalue weighted by molar-refractivity contribution is 5.98. The van der Waals surface area contributed by atoms with Crippen LogP contribution in [0.1, 0.15) is 47.4 Å². The highest BCUT2D eigenvalue weighted by Gasteiger charge is 2.34. The van der Waals surface area contributed by atoms with Gasteiger partial charge in [0.25, 0.3) is 0 Å². The number of aromatic nitrogens is 2. The molecule has 1 aliphatic carbocycles. The second kappa shape index (κ2) is 4.30. The lowest BCUT2D eigenvalue weighted by Crippen LogP contribution is -2.28. The van der Waals surface area contributed by atoms with Gasteiger partial charge in [-0.1, -0.05) is 31.5 Å². The van der Waals surface area contributed by atoms with Crippen LogP contribution in [0.2, 0.25) is 0 Å². The van der Waals surface area contributed by atoms with Gasteiger partial charge >= 0.3 is 0 Å². The van der Waals surface area contributed by atoms with E-state index in [4.69, 9.17) is 0 Å². The molecule has 3 nitrogen and oxygen atoms in total. The monoisotopic (exact) mass is 268 g/mol. The minimum absolute atomic E-state index is 0.0144. The summed E-state index contributed by atoms with van der Waals surface area (Å²) in [4.78, 5) is 12.2. The molecule has 0 atom stereocenters. The summed E-state index contributed by atoms with van der Waals surface area (Å²) in [5.74, 6) is 0.215. The number of carbonyl (C=O) groups is 1. The fourth-order valence-corrected chi connectivity index (χ4v) is 3.07. The van der Waals surface area contributed by atoms with Crippen molar-refractivity contribution >= 4 is 5.78 Å². The van der Waals surface area contributed by atoms with Crippen molar-refractivity contribution in [1.29, 1.82) is 0 Å². The summed E-state index contributed by atoms with van der Waals surface area (Å²) in [5.41, 5.74) is 5.36. The predicted octanol–water partition coefficient (Wildman–Crippen LogP) is 3.64. The van der Waals surface area contributed by atoms with Crippen LogP contribution >= 0.6 is 0 Å². The van der Waals surface area contributed by atoms with Crippen LogP contribution in [-0.2, 0) is 6.42 Å². The molecule has 0 saturated heterocycles. The van der Waals surface area contributed by atoms with E-state index < -0.39 is 0 Å². The van der Waals surface area contributed by atoms with E-state index in [1.54, 1.807) is 6.20 Å². The Balaban J connectivity index is 2.16. The summed E-state index contributed by atoms with van der Waals surface area (Å²) in [7, 11) is 0. The molecule has 0 saturated carbocycles. The lowest BCUT2D eigenvalue weighted by molar-refractivity contribution is 0.0911. The largest absolute Gasteiger partial charge is 0.294 e. The predicted molar refractivity (Wildman–Crippen MR) is 79.5 cm³/mol. The van der Waals surface area contributed by atoms with Gasteiger partial charge in [0, 0.05) is 6.42 Å². The SMILES string of the molecule is Cc1ccc(-n2ncc3c2CC(C)(C)CC3=O)c(C)c1. The molecule has 20 heavy (non-hydrogen) atoms. The smallest absolute Gasteiger partial charge is 0.166 e. The Morgan fingerprint density at radius 2 is 1.95 bits per heavy atom. The van der Waals surface area contributed by atoms with E-state index in [0.29, 0.717) is 6.42 Å². The standard InChI is InChI=1S/C17H20N2O/c1-11-5-6-14(12(2)7-11)19-15-8-17(3,4)9-16(20)13(15)10-18-19/h5-7,10H,8-9H2,1-4H3. The first kappa shape index (κ1) is 13.1. The average molecular weight is 268 g/mol. The van der Waals surface area contributed by atoms with Crippen molar-refractivity contribution in [2.24, 2.45) is 5.41 Å². The maximum Gasteiger partial charge on any atom is 0.166 e. The molecule has 3 rings (SSSR count). The topological polar surface area (TPSA) is 34.9 Å². The van der Waals surface area contributed by atoms with Gasteiger partial charge in [-0.15, -0.1) is 0 Å². The van der Waals surface area contributed by atoms with Crippen molar-refractivity contribution in [3.8, 4) is 5.69 Å². The number of benzene rings is 1. The summed E-state index contributed by atoms with van der Waals surface area (Å²) >= 11 is 0. The third-order valence-corrected chi connectivity index (χ3v) is 4.03. The number of hydrogen-bond acceptors (Lipinski definition) is 2. The number of rotatable bonds is 1. The lowest BCUT2D eigenvalue weighted by atomic mass is 9.76. The summed E-state index contributed by atoms with van der Waals surface area (Å²) in [5, 5.41) is 4.47. The Labute approximate surface area is 119 Å². The Hall–Kier alpha value is -1.90. The third-order valence-electron chi connectivity index (χ3n) is 4.03. The number of nitrogens with zero attached hydrogens (tertiary/aromatic N) is 2. The first-order valence-electron chi connectivity index (χ1n) is 7.05. The van der Waals surface area contributed by atoms with Gasteiger partial charge in [0.1, 0.15) is 0 Å². The quantitative estimate of drug-likeness (QED) is 0.791. The van der Waals surface area contributed by atoms with Crippen molar-refractivity contribution in [2.75, 3.05) is 0 Å². The molecule has 104 valence electrons. The normalized spacial score (nSPS) is 17.1. The molecular formula is C17H20N2O. The molecule has 0 spiro atoms. The number of fused-ring (bicyclic) bond motifs is 1. The Morgan fingerprint density at radius 1 is 1.20 bits per heavy atom. The van der Waals surface area contributed by atoms with E-state index in [0.717, 1.165) is 23.4 Å². The minimum atomic E-state index is 0.0144. The van der Waals surface area contributed by atoms with Crippen LogP contribution in [0.25, 0.3) is 5.69 Å². The van der Waals surface area contributed by atoms with E-state index in [-0.39, 0.29) is 11.2 Å². The first-order valence-corrected chi connectivity index (χ1v) is 7.05. The Morgan fingerprint density at radius 3 is 2.65 bits per heavy atom. The van der Waals surface area contributed by atoms with Gasteiger partial charge in [0.15, 0.2) is 5.78 Å². The molecule has 0 aliphatic heterocycles. The fourth-order valence-electron chi connectivity index (χ4n) is 3.07. The van der Waals surface area contributed by atoms with Crippen LogP contribution in [0, 0.1) is 19.3 Å². The van der Waals surface area contributed by atoms with E-state index in [1.807, 2.05) is 4.68 Å². The van der Waals surface area contributed by atoms with Crippen LogP contribution in [0.4, 0.5) is 0 Å². The first-order chi connectivity index (χ1) is 9.37. The molecule has 1 heterocycles. The molecule has 3 heteroatoms. The Kier molecular flexibility index (Phi) is 2.82. The second-order valence-electron chi connectivity index (χ2n) is 6.65. The summed E-state index contributed by atoms with van der Waals surface area (Å²) < 4.78 is 1.95. The van der Waals surface area contributed by atoms with Crippen LogP contribution in [-0.4, -0.2) is 15.6 Å². The van der Waals surface area contributed by atoms with Crippen LogP contribution < -0.4 is 0 Å². The molecule has 1 aromatic carbocycles. The molecule has 0 bridgehead atoms. The molecule has 0 unspecified atom stereocenters. The molecule has 0 amide bonds. The maximum absolute atomic E-state index is 12.2. The van der Waals surface area contributed by atoms with Crippen molar-refractivity contribution in [3.05, 3.63) is 46.8 Å². The maximum atomic E-state index is 12.2. The zero-order chi connectivity index (χ0) is 14.5. The lowest BCUT2D eigenvalue weighted by Gasteiger charge is -2.29. The van der Waals surface area contributed by atoms with Gasteiger partial charge in [-0.2, -0.15) is 5.10 Å². The molecule has 0 radical (unpaired) electrons. The fraction of sp³-hybridized carbons (Fsp3) is 0.412. The van der Waals surface area contributed by atoms with Gasteiger partial charge in [0.2, 0.25) is 0 Å². The van der Waals surface area contributed by atoms with Crippen LogP contribution in [0.3, 0.4) is 0 Å². The van der Waals surface area contributed by atoms with Crippen LogP contribution in [0.5, 0.6) is 0 Å². The molecular weight excluding hydrogens is 248 g/mol. The van der Waals surface area contributed by atoms with Gasteiger partial charge < -0.3 is 0 Å². The van der Waals surface area contributed by atoms with E-state index >= 15 is 0 Å². The number of hydrogen-bond donors (Lipinski definition) is 0. The summed E-state index contributed by atoms with van der Waals surface area (Å²) in [6.45, 7) is 8.47. The van der Waals surface area contributed by atoms with Crippen molar-refractivity contribution in [3.63, 3.8) is 0 Å². The molecule has 0 fully saturated rings. The number of carbonyl (C=O) groups excluding carboxylic acids is 1. The van der Waals surface area contributed by atoms with E-state index in [9.17, 15) is 4.79 Å². The summed E-state index contributed by atoms with van der Waals surface area (Å²) in [6.07, 6.45) is 3.23. The summed E-state index contributed by atoms with van der Waals surface area (Å²) in [6, 6.07) is 6.33.